The molecular weight excluding hydrogens is 332 g/mol. The molecule has 1 aromatic rings. The van der Waals surface area contributed by atoms with E-state index >= 15 is 0 Å². The van der Waals surface area contributed by atoms with Gasteiger partial charge in [-0.25, -0.2) is 4.79 Å². The van der Waals surface area contributed by atoms with Crippen LogP contribution in [-0.4, -0.2) is 23.3 Å². The minimum atomic E-state index is -1.58. The van der Waals surface area contributed by atoms with Crippen LogP contribution in [0.1, 0.15) is 11.7 Å². The third kappa shape index (κ3) is 2.70. The predicted molar refractivity (Wildman–Crippen MR) is 61.0 cm³/mol. The zero-order chi connectivity index (χ0) is 11.6. The molecule has 1 rings (SSSR count). The Balaban J connectivity index is 3.28. The van der Waals surface area contributed by atoms with E-state index in [2.05, 4.69) is 31.9 Å². The van der Waals surface area contributed by atoms with Crippen molar-refractivity contribution < 1.29 is 19.7 Å². The molecule has 0 aliphatic carbocycles. The maximum Gasteiger partial charge on any atom is 0.337 e. The first-order chi connectivity index (χ1) is 6.97. The minimum absolute atomic E-state index is 0.244. The average Bonchev–Trinajstić information content (AvgIpc) is 2.19. The van der Waals surface area contributed by atoms with Gasteiger partial charge in [0.05, 0.1) is 11.6 Å². The normalized spacial score (nSPS) is 12.3. The van der Waals surface area contributed by atoms with Gasteiger partial charge >= 0.3 is 5.97 Å². The van der Waals surface area contributed by atoms with Gasteiger partial charge in [-0.3, -0.25) is 0 Å². The summed E-state index contributed by atoms with van der Waals surface area (Å²) >= 11 is 6.38. The van der Waals surface area contributed by atoms with Crippen LogP contribution < -0.4 is 4.74 Å². The van der Waals surface area contributed by atoms with Gasteiger partial charge in [-0.2, -0.15) is 0 Å². The van der Waals surface area contributed by atoms with Gasteiger partial charge in [0.15, 0.2) is 6.10 Å². The van der Waals surface area contributed by atoms with Crippen molar-refractivity contribution in [2.24, 2.45) is 0 Å². The van der Waals surface area contributed by atoms with Crippen LogP contribution in [0.15, 0.2) is 21.1 Å². The third-order valence-electron chi connectivity index (χ3n) is 1.78. The maximum absolute atomic E-state index is 10.6. The molecule has 1 atom stereocenters. The number of carboxylic acid groups (broad SMARTS) is 1. The molecule has 0 aliphatic heterocycles. The summed E-state index contributed by atoms with van der Waals surface area (Å²) in [4.78, 5) is 10.6. The summed E-state index contributed by atoms with van der Waals surface area (Å²) in [5.74, 6) is -0.851. The molecule has 0 radical (unpaired) electrons. The molecule has 0 amide bonds. The Morgan fingerprint density at radius 2 is 2.07 bits per heavy atom. The molecule has 15 heavy (non-hydrogen) atoms. The van der Waals surface area contributed by atoms with Gasteiger partial charge < -0.3 is 14.9 Å². The second kappa shape index (κ2) is 4.96. The number of aliphatic hydroxyl groups excluding tert-OH is 1. The van der Waals surface area contributed by atoms with E-state index in [-0.39, 0.29) is 5.56 Å². The topological polar surface area (TPSA) is 66.8 Å². The first-order valence-electron chi connectivity index (χ1n) is 3.91. The lowest BCUT2D eigenvalue weighted by molar-refractivity contribution is -0.147. The van der Waals surface area contributed by atoms with Gasteiger partial charge in [0.25, 0.3) is 0 Å². The zero-order valence-corrected chi connectivity index (χ0v) is 10.9. The molecule has 1 unspecified atom stereocenters. The van der Waals surface area contributed by atoms with Crippen molar-refractivity contribution in [3.63, 3.8) is 0 Å². The smallest absolute Gasteiger partial charge is 0.337 e. The van der Waals surface area contributed by atoms with Crippen LogP contribution in [0.2, 0.25) is 0 Å². The van der Waals surface area contributed by atoms with Gasteiger partial charge in [0, 0.05) is 10.0 Å². The molecule has 0 spiro atoms. The van der Waals surface area contributed by atoms with Crippen LogP contribution in [0.25, 0.3) is 0 Å². The van der Waals surface area contributed by atoms with Crippen molar-refractivity contribution in [3.05, 3.63) is 26.6 Å². The molecule has 6 heteroatoms. The van der Waals surface area contributed by atoms with Crippen molar-refractivity contribution in [1.82, 2.24) is 0 Å². The Hall–Kier alpha value is -0.590. The Morgan fingerprint density at radius 3 is 2.53 bits per heavy atom. The largest absolute Gasteiger partial charge is 0.496 e. The van der Waals surface area contributed by atoms with E-state index in [1.807, 2.05) is 0 Å². The molecular formula is C9H8Br2O4. The SMILES string of the molecule is COc1cc(Br)cc(C(O)C(=O)O)c1Br. The predicted octanol–water partition coefficient (Wildman–Crippen LogP) is 2.34. The number of hydrogen-bond acceptors (Lipinski definition) is 3. The molecule has 82 valence electrons. The summed E-state index contributed by atoms with van der Waals surface area (Å²) in [6, 6.07) is 3.19. The van der Waals surface area contributed by atoms with Crippen molar-refractivity contribution in [3.8, 4) is 5.75 Å². The second-order valence-corrected chi connectivity index (χ2v) is 4.46. The molecule has 0 aromatic heterocycles. The van der Waals surface area contributed by atoms with Crippen molar-refractivity contribution in [2.45, 2.75) is 6.10 Å². The minimum Gasteiger partial charge on any atom is -0.496 e. The Morgan fingerprint density at radius 1 is 1.47 bits per heavy atom. The first-order valence-corrected chi connectivity index (χ1v) is 5.49. The van der Waals surface area contributed by atoms with Crippen LogP contribution in [0, 0.1) is 0 Å². The van der Waals surface area contributed by atoms with E-state index in [9.17, 15) is 9.90 Å². The van der Waals surface area contributed by atoms with E-state index in [0.29, 0.717) is 14.7 Å². The van der Waals surface area contributed by atoms with E-state index in [1.165, 1.54) is 13.2 Å². The number of carbonyl (C=O) groups is 1. The number of carboxylic acids is 1. The van der Waals surface area contributed by atoms with E-state index in [4.69, 9.17) is 9.84 Å². The number of rotatable bonds is 3. The summed E-state index contributed by atoms with van der Waals surface area (Å²) in [6.45, 7) is 0. The molecule has 0 saturated heterocycles. The van der Waals surface area contributed by atoms with E-state index in [1.54, 1.807) is 6.07 Å². The Bertz CT molecular complexity index is 392. The highest BCUT2D eigenvalue weighted by molar-refractivity contribution is 9.11. The summed E-state index contributed by atoms with van der Waals surface area (Å²) in [5.41, 5.74) is 0.244. The van der Waals surface area contributed by atoms with Crippen molar-refractivity contribution in [1.29, 1.82) is 0 Å². The number of hydrogen-bond donors (Lipinski definition) is 2. The summed E-state index contributed by atoms with van der Waals surface area (Å²) in [7, 11) is 1.46. The molecule has 4 nitrogen and oxygen atoms in total. The van der Waals surface area contributed by atoms with Crippen LogP contribution in [0.3, 0.4) is 0 Å². The van der Waals surface area contributed by atoms with Gasteiger partial charge in [0.1, 0.15) is 5.75 Å². The lowest BCUT2D eigenvalue weighted by Crippen LogP contribution is -2.11. The molecule has 0 heterocycles. The quantitative estimate of drug-likeness (QED) is 0.887. The summed E-state index contributed by atoms with van der Waals surface area (Å²) < 4.78 is 6.09. The van der Waals surface area contributed by atoms with E-state index in [0.717, 1.165) is 0 Å². The molecule has 1 aromatic carbocycles. The fourth-order valence-electron chi connectivity index (χ4n) is 1.06. The number of aliphatic carboxylic acids is 1. The molecule has 0 aliphatic rings. The summed E-state index contributed by atoms with van der Waals surface area (Å²) in [5, 5.41) is 18.1. The number of halogens is 2. The molecule has 0 saturated carbocycles. The number of ether oxygens (including phenoxy) is 1. The fraction of sp³-hybridized carbons (Fsp3) is 0.222. The van der Waals surface area contributed by atoms with Crippen LogP contribution in [0.5, 0.6) is 5.75 Å². The lowest BCUT2D eigenvalue weighted by Gasteiger charge is -2.12. The van der Waals surface area contributed by atoms with Gasteiger partial charge in [-0.05, 0) is 28.1 Å². The summed E-state index contributed by atoms with van der Waals surface area (Å²) in [6.07, 6.45) is -1.58. The molecule has 0 bridgehead atoms. The standard InChI is InChI=1S/C9H8Br2O4/c1-15-6-3-4(10)2-5(7(6)11)8(12)9(13)14/h2-3,8,12H,1H3,(H,13,14). The zero-order valence-electron chi connectivity index (χ0n) is 7.70. The van der Waals surface area contributed by atoms with Crippen LogP contribution >= 0.6 is 31.9 Å². The second-order valence-electron chi connectivity index (χ2n) is 2.75. The third-order valence-corrected chi connectivity index (χ3v) is 3.09. The Labute approximate surface area is 103 Å². The molecule has 2 N–H and O–H groups in total. The van der Waals surface area contributed by atoms with Gasteiger partial charge in [0.2, 0.25) is 0 Å². The van der Waals surface area contributed by atoms with Gasteiger partial charge in [-0.1, -0.05) is 15.9 Å². The highest BCUT2D eigenvalue weighted by Gasteiger charge is 2.21. The van der Waals surface area contributed by atoms with Crippen molar-refractivity contribution >= 4 is 37.8 Å². The number of benzene rings is 1. The number of methoxy groups -OCH3 is 1. The number of aliphatic hydroxyl groups is 1. The highest BCUT2D eigenvalue weighted by Crippen LogP contribution is 2.35. The van der Waals surface area contributed by atoms with Crippen LogP contribution in [-0.2, 0) is 4.79 Å². The van der Waals surface area contributed by atoms with Crippen molar-refractivity contribution in [2.75, 3.05) is 7.11 Å². The maximum atomic E-state index is 10.6. The van der Waals surface area contributed by atoms with Gasteiger partial charge in [-0.15, -0.1) is 0 Å². The Kier molecular flexibility index (Phi) is 4.12. The fourth-order valence-corrected chi connectivity index (χ4v) is 2.13. The first kappa shape index (κ1) is 12.5. The van der Waals surface area contributed by atoms with E-state index < -0.39 is 12.1 Å². The molecule has 0 fully saturated rings. The average molecular weight is 340 g/mol. The highest BCUT2D eigenvalue weighted by atomic mass is 79.9. The van der Waals surface area contributed by atoms with Crippen LogP contribution in [0.4, 0.5) is 0 Å². The lowest BCUT2D eigenvalue weighted by atomic mass is 10.1. The monoisotopic (exact) mass is 338 g/mol.